The molecule has 0 aromatic carbocycles. The first kappa shape index (κ1) is 12.4. The zero-order valence-electron chi connectivity index (χ0n) is 9.62. The first-order chi connectivity index (χ1) is 6.97. The molecule has 1 amide bonds. The summed E-state index contributed by atoms with van der Waals surface area (Å²) < 4.78 is 0. The quantitative estimate of drug-likeness (QED) is 0.700. The van der Waals surface area contributed by atoms with E-state index in [-0.39, 0.29) is 17.7 Å². The molecule has 4 heteroatoms. The van der Waals surface area contributed by atoms with Crippen LogP contribution in [0.3, 0.4) is 0 Å². The van der Waals surface area contributed by atoms with E-state index < -0.39 is 0 Å². The molecule has 3 nitrogen and oxygen atoms in total. The Bertz CT molecular complexity index is 265. The molecule has 1 saturated carbocycles. The summed E-state index contributed by atoms with van der Waals surface area (Å²) in [5.41, 5.74) is 5.57. The molecule has 1 aliphatic carbocycles. The van der Waals surface area contributed by atoms with Crippen molar-refractivity contribution >= 4 is 23.1 Å². The monoisotopic (exact) mass is 228 g/mol. The van der Waals surface area contributed by atoms with Crippen molar-refractivity contribution in [3.05, 3.63) is 0 Å². The fourth-order valence-corrected chi connectivity index (χ4v) is 2.29. The molecule has 3 atom stereocenters. The SMILES string of the molecule is CCC1CC1NC(=O)C(C(N)=S)C(C)C. The topological polar surface area (TPSA) is 55.1 Å². The first-order valence-corrected chi connectivity index (χ1v) is 5.97. The van der Waals surface area contributed by atoms with Gasteiger partial charge in [0.25, 0.3) is 0 Å². The van der Waals surface area contributed by atoms with Crippen molar-refractivity contribution < 1.29 is 4.79 Å². The van der Waals surface area contributed by atoms with Crippen molar-refractivity contribution in [2.75, 3.05) is 0 Å². The van der Waals surface area contributed by atoms with Crippen LogP contribution in [0.5, 0.6) is 0 Å². The highest BCUT2D eigenvalue weighted by Gasteiger charge is 2.38. The number of amides is 1. The highest BCUT2D eigenvalue weighted by Crippen LogP contribution is 2.33. The highest BCUT2D eigenvalue weighted by molar-refractivity contribution is 7.80. The molecule has 3 unspecified atom stereocenters. The van der Waals surface area contributed by atoms with Gasteiger partial charge in [0.2, 0.25) is 5.91 Å². The minimum atomic E-state index is -0.321. The third-order valence-corrected chi connectivity index (χ3v) is 3.28. The second-order valence-corrected chi connectivity index (χ2v) is 5.11. The molecule has 0 aromatic heterocycles. The predicted molar refractivity (Wildman–Crippen MR) is 65.4 cm³/mol. The molecule has 1 aliphatic rings. The lowest BCUT2D eigenvalue weighted by molar-refractivity contribution is -0.124. The van der Waals surface area contributed by atoms with Gasteiger partial charge in [-0.15, -0.1) is 0 Å². The van der Waals surface area contributed by atoms with E-state index in [0.29, 0.717) is 16.9 Å². The van der Waals surface area contributed by atoms with E-state index in [9.17, 15) is 4.79 Å². The molecule has 0 bridgehead atoms. The summed E-state index contributed by atoms with van der Waals surface area (Å²) in [7, 11) is 0. The van der Waals surface area contributed by atoms with Gasteiger partial charge in [-0.05, 0) is 18.3 Å². The van der Waals surface area contributed by atoms with Crippen LogP contribution in [0.2, 0.25) is 0 Å². The van der Waals surface area contributed by atoms with Crippen molar-refractivity contribution in [1.82, 2.24) is 5.32 Å². The molecule has 0 heterocycles. The van der Waals surface area contributed by atoms with Gasteiger partial charge in [0, 0.05) is 6.04 Å². The maximum Gasteiger partial charge on any atom is 0.230 e. The van der Waals surface area contributed by atoms with Crippen LogP contribution in [0.15, 0.2) is 0 Å². The molecule has 0 aromatic rings. The second kappa shape index (κ2) is 4.92. The Hall–Kier alpha value is -0.640. The molecule has 86 valence electrons. The van der Waals surface area contributed by atoms with Gasteiger partial charge < -0.3 is 11.1 Å². The summed E-state index contributed by atoms with van der Waals surface area (Å²) in [5, 5.41) is 3.01. The van der Waals surface area contributed by atoms with Crippen LogP contribution in [0.25, 0.3) is 0 Å². The molecule has 0 spiro atoms. The van der Waals surface area contributed by atoms with Crippen LogP contribution in [-0.2, 0) is 4.79 Å². The average molecular weight is 228 g/mol. The van der Waals surface area contributed by atoms with Gasteiger partial charge >= 0.3 is 0 Å². The molecule has 15 heavy (non-hydrogen) atoms. The van der Waals surface area contributed by atoms with Crippen molar-refractivity contribution in [3.63, 3.8) is 0 Å². The molecule has 0 aliphatic heterocycles. The summed E-state index contributed by atoms with van der Waals surface area (Å²) in [6, 6.07) is 0.359. The minimum absolute atomic E-state index is 0.00144. The second-order valence-electron chi connectivity index (χ2n) is 4.64. The molecule has 0 saturated heterocycles. The van der Waals surface area contributed by atoms with E-state index in [0.717, 1.165) is 12.8 Å². The summed E-state index contributed by atoms with van der Waals surface area (Å²) in [5.74, 6) is 0.506. The lowest BCUT2D eigenvalue weighted by Gasteiger charge is -2.18. The van der Waals surface area contributed by atoms with Crippen LogP contribution in [0.1, 0.15) is 33.6 Å². The zero-order valence-corrected chi connectivity index (χ0v) is 10.4. The Morgan fingerprint density at radius 3 is 2.53 bits per heavy atom. The Labute approximate surface area is 96.8 Å². The number of nitrogens with two attached hydrogens (primary N) is 1. The Morgan fingerprint density at radius 1 is 1.60 bits per heavy atom. The van der Waals surface area contributed by atoms with Gasteiger partial charge in [-0.2, -0.15) is 0 Å². The van der Waals surface area contributed by atoms with Crippen LogP contribution in [-0.4, -0.2) is 16.9 Å². The van der Waals surface area contributed by atoms with E-state index >= 15 is 0 Å². The van der Waals surface area contributed by atoms with Gasteiger partial charge in [0.05, 0.1) is 10.9 Å². The lowest BCUT2D eigenvalue weighted by atomic mass is 9.95. The number of rotatable bonds is 5. The third-order valence-electron chi connectivity index (χ3n) is 3.03. The minimum Gasteiger partial charge on any atom is -0.393 e. The van der Waals surface area contributed by atoms with Gasteiger partial charge in [-0.3, -0.25) is 4.79 Å². The number of carbonyl (C=O) groups is 1. The standard InChI is InChI=1S/C11H20N2OS/c1-4-7-5-8(7)13-11(14)9(6(2)3)10(12)15/h6-9H,4-5H2,1-3H3,(H2,12,15)(H,13,14). The van der Waals surface area contributed by atoms with E-state index in [4.69, 9.17) is 18.0 Å². The van der Waals surface area contributed by atoms with Crippen LogP contribution in [0, 0.1) is 17.8 Å². The maximum absolute atomic E-state index is 11.9. The molecular weight excluding hydrogens is 208 g/mol. The van der Waals surface area contributed by atoms with Gasteiger partial charge in [0.15, 0.2) is 0 Å². The molecule has 0 radical (unpaired) electrons. The predicted octanol–water partition coefficient (Wildman–Crippen LogP) is 1.46. The summed E-state index contributed by atoms with van der Waals surface area (Å²) in [4.78, 5) is 12.2. The van der Waals surface area contributed by atoms with Crippen LogP contribution in [0.4, 0.5) is 0 Å². The Balaban J connectivity index is 2.47. The van der Waals surface area contributed by atoms with Gasteiger partial charge in [-0.1, -0.05) is 39.4 Å². The average Bonchev–Trinajstić information content (AvgIpc) is 2.81. The lowest BCUT2D eigenvalue weighted by Crippen LogP contribution is -2.42. The van der Waals surface area contributed by atoms with E-state index in [1.54, 1.807) is 0 Å². The van der Waals surface area contributed by atoms with Gasteiger partial charge in [-0.25, -0.2) is 0 Å². The third kappa shape index (κ3) is 3.16. The summed E-state index contributed by atoms with van der Waals surface area (Å²) in [6.07, 6.45) is 2.23. The zero-order chi connectivity index (χ0) is 11.6. The molecular formula is C11H20N2OS. The highest BCUT2D eigenvalue weighted by atomic mass is 32.1. The number of thiocarbonyl (C=S) groups is 1. The fourth-order valence-electron chi connectivity index (χ4n) is 1.91. The van der Waals surface area contributed by atoms with Crippen molar-refractivity contribution in [2.45, 2.75) is 39.7 Å². The van der Waals surface area contributed by atoms with Crippen LogP contribution < -0.4 is 11.1 Å². The number of hydrogen-bond donors (Lipinski definition) is 2. The largest absolute Gasteiger partial charge is 0.393 e. The Morgan fingerprint density at radius 2 is 2.20 bits per heavy atom. The normalized spacial score (nSPS) is 26.1. The molecule has 1 fully saturated rings. The van der Waals surface area contributed by atoms with E-state index in [1.807, 2.05) is 13.8 Å². The van der Waals surface area contributed by atoms with Crippen molar-refractivity contribution in [3.8, 4) is 0 Å². The van der Waals surface area contributed by atoms with Gasteiger partial charge in [0.1, 0.15) is 0 Å². The summed E-state index contributed by atoms with van der Waals surface area (Å²) >= 11 is 4.92. The number of carbonyl (C=O) groups excluding carboxylic acids is 1. The van der Waals surface area contributed by atoms with Crippen molar-refractivity contribution in [1.29, 1.82) is 0 Å². The first-order valence-electron chi connectivity index (χ1n) is 5.57. The van der Waals surface area contributed by atoms with Crippen molar-refractivity contribution in [2.24, 2.45) is 23.5 Å². The number of nitrogens with one attached hydrogen (secondary N) is 1. The van der Waals surface area contributed by atoms with E-state index in [1.165, 1.54) is 0 Å². The molecule has 1 rings (SSSR count). The summed E-state index contributed by atoms with van der Waals surface area (Å²) in [6.45, 7) is 6.07. The van der Waals surface area contributed by atoms with E-state index in [2.05, 4.69) is 12.2 Å². The Kier molecular flexibility index (Phi) is 4.08. The number of hydrogen-bond acceptors (Lipinski definition) is 2. The molecule has 3 N–H and O–H groups in total. The fraction of sp³-hybridized carbons (Fsp3) is 0.818. The smallest absolute Gasteiger partial charge is 0.230 e. The van der Waals surface area contributed by atoms with Crippen LogP contribution >= 0.6 is 12.2 Å². The maximum atomic E-state index is 11.9.